The van der Waals surface area contributed by atoms with Crippen LogP contribution in [0.1, 0.15) is 11.4 Å². The van der Waals surface area contributed by atoms with Crippen LogP contribution in [0.15, 0.2) is 55.1 Å². The van der Waals surface area contributed by atoms with E-state index in [9.17, 15) is 0 Å². The molecule has 0 aliphatic rings. The Labute approximate surface area is 117 Å². The topological polar surface area (TPSA) is 47.7 Å². The first-order valence-electron chi connectivity index (χ1n) is 6.59. The Kier molecular flexibility index (Phi) is 3.60. The van der Waals surface area contributed by atoms with Crippen LogP contribution in [0.5, 0.6) is 0 Å². The number of hydrogen-bond donors (Lipinski definition) is 1. The summed E-state index contributed by atoms with van der Waals surface area (Å²) in [4.78, 5) is 4.30. The lowest BCUT2D eigenvalue weighted by molar-refractivity contribution is 0.635. The highest BCUT2D eigenvalue weighted by Gasteiger charge is 2.04. The van der Waals surface area contributed by atoms with Crippen LogP contribution in [-0.4, -0.2) is 19.3 Å². The third-order valence-corrected chi connectivity index (χ3v) is 3.26. The first-order chi connectivity index (χ1) is 9.84. The molecule has 5 heteroatoms. The number of para-hydroxylation sites is 1. The van der Waals surface area contributed by atoms with E-state index < -0.39 is 0 Å². The van der Waals surface area contributed by atoms with Crippen molar-refractivity contribution < 1.29 is 0 Å². The molecule has 0 saturated heterocycles. The van der Waals surface area contributed by atoms with Crippen molar-refractivity contribution in [2.24, 2.45) is 7.05 Å². The van der Waals surface area contributed by atoms with Gasteiger partial charge in [0.05, 0.1) is 12.2 Å². The lowest BCUT2D eigenvalue weighted by atomic mass is 10.2. The molecule has 20 heavy (non-hydrogen) atoms. The Morgan fingerprint density at radius 3 is 2.70 bits per heavy atom. The highest BCUT2D eigenvalue weighted by Crippen LogP contribution is 2.13. The zero-order valence-electron chi connectivity index (χ0n) is 11.4. The van der Waals surface area contributed by atoms with Gasteiger partial charge in [-0.2, -0.15) is 5.10 Å². The predicted molar refractivity (Wildman–Crippen MR) is 77.3 cm³/mol. The predicted octanol–water partition coefficient (Wildman–Crippen LogP) is 1.90. The molecular formula is C15H17N5. The van der Waals surface area contributed by atoms with Gasteiger partial charge in [-0.15, -0.1) is 0 Å². The average Bonchev–Trinajstić information content (AvgIpc) is 3.12. The lowest BCUT2D eigenvalue weighted by Gasteiger charge is -2.10. The van der Waals surface area contributed by atoms with E-state index in [1.807, 2.05) is 53.1 Å². The zero-order valence-corrected chi connectivity index (χ0v) is 11.4. The molecule has 3 rings (SSSR count). The number of aryl methyl sites for hydroxylation is 1. The summed E-state index contributed by atoms with van der Waals surface area (Å²) in [6.07, 6.45) is 7.51. The van der Waals surface area contributed by atoms with Gasteiger partial charge in [0.2, 0.25) is 0 Å². The fraction of sp³-hybridized carbons (Fsp3) is 0.200. The van der Waals surface area contributed by atoms with E-state index in [1.54, 1.807) is 6.20 Å². The van der Waals surface area contributed by atoms with E-state index in [4.69, 9.17) is 0 Å². The molecule has 0 spiro atoms. The minimum absolute atomic E-state index is 0.747. The molecule has 5 nitrogen and oxygen atoms in total. The van der Waals surface area contributed by atoms with Crippen LogP contribution in [0.3, 0.4) is 0 Å². The number of nitrogens with one attached hydrogen (secondary N) is 1. The largest absolute Gasteiger partial charge is 0.337 e. The highest BCUT2D eigenvalue weighted by molar-refractivity contribution is 5.40. The summed E-state index contributed by atoms with van der Waals surface area (Å²) in [7, 11) is 2.00. The van der Waals surface area contributed by atoms with Crippen molar-refractivity contribution in [2.45, 2.75) is 13.1 Å². The standard InChI is InChI=1S/C15H17N5/c1-19-10-8-17-15(19)12-16-11-13-5-2-3-6-14(13)20-9-4-7-18-20/h2-10,16H,11-12H2,1H3. The molecule has 0 atom stereocenters. The Balaban J connectivity index is 1.70. The Morgan fingerprint density at radius 2 is 1.95 bits per heavy atom. The maximum Gasteiger partial charge on any atom is 0.122 e. The summed E-state index contributed by atoms with van der Waals surface area (Å²) < 4.78 is 3.91. The van der Waals surface area contributed by atoms with Crippen LogP contribution in [0.2, 0.25) is 0 Å². The molecule has 2 heterocycles. The normalized spacial score (nSPS) is 10.8. The van der Waals surface area contributed by atoms with Gasteiger partial charge in [0.15, 0.2) is 0 Å². The maximum atomic E-state index is 4.30. The van der Waals surface area contributed by atoms with Crippen LogP contribution in [0.25, 0.3) is 5.69 Å². The number of aromatic nitrogens is 4. The smallest absolute Gasteiger partial charge is 0.122 e. The van der Waals surface area contributed by atoms with Crippen molar-refractivity contribution in [1.29, 1.82) is 0 Å². The van der Waals surface area contributed by atoms with E-state index in [-0.39, 0.29) is 0 Å². The molecule has 0 fully saturated rings. The van der Waals surface area contributed by atoms with E-state index in [0.717, 1.165) is 24.6 Å². The molecule has 0 bridgehead atoms. The SMILES string of the molecule is Cn1ccnc1CNCc1ccccc1-n1cccn1. The van der Waals surface area contributed by atoms with Gasteiger partial charge in [-0.05, 0) is 17.7 Å². The summed E-state index contributed by atoms with van der Waals surface area (Å²) in [6.45, 7) is 1.53. The van der Waals surface area contributed by atoms with Gasteiger partial charge in [0.25, 0.3) is 0 Å². The Bertz CT molecular complexity index is 669. The van der Waals surface area contributed by atoms with Crippen molar-refractivity contribution in [3.63, 3.8) is 0 Å². The molecule has 0 unspecified atom stereocenters. The first kappa shape index (κ1) is 12.6. The second-order valence-electron chi connectivity index (χ2n) is 4.64. The van der Waals surface area contributed by atoms with Gasteiger partial charge in [-0.3, -0.25) is 0 Å². The second kappa shape index (κ2) is 5.71. The van der Waals surface area contributed by atoms with Crippen molar-refractivity contribution in [3.8, 4) is 5.69 Å². The summed E-state index contributed by atoms with van der Waals surface area (Å²) in [5.41, 5.74) is 2.32. The van der Waals surface area contributed by atoms with Gasteiger partial charge >= 0.3 is 0 Å². The molecule has 1 N–H and O–H groups in total. The van der Waals surface area contributed by atoms with E-state index in [2.05, 4.69) is 27.5 Å². The quantitative estimate of drug-likeness (QED) is 0.768. The lowest BCUT2D eigenvalue weighted by Crippen LogP contribution is -2.17. The summed E-state index contributed by atoms with van der Waals surface area (Å²) in [5.74, 6) is 1.03. The Morgan fingerprint density at radius 1 is 1.05 bits per heavy atom. The molecule has 1 aromatic carbocycles. The third-order valence-electron chi connectivity index (χ3n) is 3.26. The number of benzene rings is 1. The third kappa shape index (κ3) is 2.62. The van der Waals surface area contributed by atoms with Gasteiger partial charge in [0, 0.05) is 38.4 Å². The number of nitrogens with zero attached hydrogens (tertiary/aromatic N) is 4. The first-order valence-corrected chi connectivity index (χ1v) is 6.59. The molecule has 3 aromatic rings. The van der Waals surface area contributed by atoms with Crippen molar-refractivity contribution in [2.75, 3.05) is 0 Å². The van der Waals surface area contributed by atoms with Gasteiger partial charge < -0.3 is 9.88 Å². The van der Waals surface area contributed by atoms with E-state index in [1.165, 1.54) is 5.56 Å². The molecule has 0 amide bonds. The molecule has 0 aliphatic carbocycles. The molecule has 0 saturated carbocycles. The fourth-order valence-corrected chi connectivity index (χ4v) is 2.17. The maximum absolute atomic E-state index is 4.30. The highest BCUT2D eigenvalue weighted by atomic mass is 15.3. The minimum atomic E-state index is 0.747. The number of rotatable bonds is 5. The summed E-state index contributed by atoms with van der Waals surface area (Å²) in [5, 5.41) is 7.71. The molecule has 102 valence electrons. The summed E-state index contributed by atoms with van der Waals surface area (Å²) in [6, 6.07) is 10.2. The van der Waals surface area contributed by atoms with Crippen LogP contribution >= 0.6 is 0 Å². The summed E-state index contributed by atoms with van der Waals surface area (Å²) >= 11 is 0. The fourth-order valence-electron chi connectivity index (χ4n) is 2.17. The Hall–Kier alpha value is -2.40. The monoisotopic (exact) mass is 267 g/mol. The van der Waals surface area contributed by atoms with Crippen LogP contribution in [-0.2, 0) is 20.1 Å². The van der Waals surface area contributed by atoms with Gasteiger partial charge in [0.1, 0.15) is 5.82 Å². The minimum Gasteiger partial charge on any atom is -0.337 e. The second-order valence-corrected chi connectivity index (χ2v) is 4.64. The average molecular weight is 267 g/mol. The van der Waals surface area contributed by atoms with Crippen LogP contribution < -0.4 is 5.32 Å². The van der Waals surface area contributed by atoms with Crippen LogP contribution in [0.4, 0.5) is 0 Å². The molecule has 2 aromatic heterocycles. The number of imidazole rings is 1. The van der Waals surface area contributed by atoms with E-state index in [0.29, 0.717) is 0 Å². The van der Waals surface area contributed by atoms with Gasteiger partial charge in [-0.25, -0.2) is 9.67 Å². The van der Waals surface area contributed by atoms with Gasteiger partial charge in [-0.1, -0.05) is 18.2 Å². The van der Waals surface area contributed by atoms with Crippen molar-refractivity contribution in [3.05, 3.63) is 66.5 Å². The van der Waals surface area contributed by atoms with E-state index >= 15 is 0 Å². The molecular weight excluding hydrogens is 250 g/mol. The molecule has 0 aliphatic heterocycles. The van der Waals surface area contributed by atoms with Crippen LogP contribution in [0, 0.1) is 0 Å². The van der Waals surface area contributed by atoms with Crippen molar-refractivity contribution >= 4 is 0 Å². The zero-order chi connectivity index (χ0) is 13.8. The van der Waals surface area contributed by atoms with Crippen molar-refractivity contribution in [1.82, 2.24) is 24.6 Å². The molecule has 0 radical (unpaired) electrons. The number of hydrogen-bond acceptors (Lipinski definition) is 3.